The molecule has 6 nitrogen and oxygen atoms in total. The van der Waals surface area contributed by atoms with Crippen LogP contribution in [-0.4, -0.2) is 54.8 Å². The molecule has 0 bridgehead atoms. The second kappa shape index (κ2) is 7.10. The van der Waals surface area contributed by atoms with Crippen molar-refractivity contribution < 1.29 is 10.2 Å². The summed E-state index contributed by atoms with van der Waals surface area (Å²) in [6.07, 6.45) is 0. The number of aliphatic hydroxyl groups is 2. The van der Waals surface area contributed by atoms with E-state index in [0.29, 0.717) is 19.6 Å². The lowest BCUT2D eigenvalue weighted by atomic mass is 10.1. The molecule has 2 atom stereocenters. The predicted octanol–water partition coefficient (Wildman–Crippen LogP) is -2.85. The highest BCUT2D eigenvalue weighted by molar-refractivity contribution is 4.86. The van der Waals surface area contributed by atoms with Crippen LogP contribution in [0.3, 0.4) is 0 Å². The molecule has 0 fully saturated rings. The monoisotopic (exact) mass is 206 g/mol. The molecule has 0 spiro atoms. The summed E-state index contributed by atoms with van der Waals surface area (Å²) in [5, 5.41) is 24.4. The Bertz CT molecular complexity index is 143. The number of rotatable bonds is 8. The van der Waals surface area contributed by atoms with Gasteiger partial charge in [-0.3, -0.25) is 5.32 Å². The van der Waals surface area contributed by atoms with E-state index in [1.54, 1.807) is 6.92 Å². The molecule has 0 aromatic heterocycles. The number of nitrogens with one attached hydrogen (secondary N) is 2. The molecule has 0 aliphatic rings. The van der Waals surface area contributed by atoms with Crippen molar-refractivity contribution in [3.63, 3.8) is 0 Å². The zero-order chi connectivity index (χ0) is 11.0. The highest BCUT2D eigenvalue weighted by atomic mass is 16.3. The zero-order valence-corrected chi connectivity index (χ0v) is 8.66. The lowest BCUT2D eigenvalue weighted by Gasteiger charge is -2.33. The smallest absolute Gasteiger partial charge is 0.129 e. The van der Waals surface area contributed by atoms with Crippen LogP contribution in [0.4, 0.5) is 0 Å². The topological polar surface area (TPSA) is 117 Å². The van der Waals surface area contributed by atoms with Crippen molar-refractivity contribution >= 4 is 0 Å². The highest BCUT2D eigenvalue weighted by Gasteiger charge is 2.29. The fourth-order valence-corrected chi connectivity index (χ4v) is 1.20. The van der Waals surface area contributed by atoms with E-state index < -0.39 is 5.72 Å². The van der Waals surface area contributed by atoms with Gasteiger partial charge in [0.2, 0.25) is 0 Å². The molecular weight excluding hydrogens is 184 g/mol. The van der Waals surface area contributed by atoms with Crippen molar-refractivity contribution in [1.82, 2.24) is 10.6 Å². The lowest BCUT2D eigenvalue weighted by molar-refractivity contribution is -0.0102. The number of aliphatic hydroxyl groups excluding tert-OH is 1. The van der Waals surface area contributed by atoms with Gasteiger partial charge in [0.15, 0.2) is 0 Å². The fraction of sp³-hybridized carbons (Fsp3) is 1.00. The second-order valence-corrected chi connectivity index (χ2v) is 3.33. The SMILES string of the molecule is CC(O)(NCCN)C(CN)NCCO. The van der Waals surface area contributed by atoms with Gasteiger partial charge in [-0.15, -0.1) is 0 Å². The van der Waals surface area contributed by atoms with E-state index in [1.807, 2.05) is 0 Å². The third kappa shape index (κ3) is 4.85. The standard InChI is InChI=1S/C8H22N4O2/c1-8(14,12-3-2-9)7(6-10)11-4-5-13/h7,11-14H,2-6,9-10H2,1H3. The zero-order valence-electron chi connectivity index (χ0n) is 8.66. The Morgan fingerprint density at radius 3 is 2.43 bits per heavy atom. The van der Waals surface area contributed by atoms with E-state index in [0.717, 1.165) is 0 Å². The molecule has 8 N–H and O–H groups in total. The molecule has 0 heterocycles. The van der Waals surface area contributed by atoms with Crippen LogP contribution in [-0.2, 0) is 0 Å². The van der Waals surface area contributed by atoms with Crippen LogP contribution in [0.2, 0.25) is 0 Å². The maximum Gasteiger partial charge on any atom is 0.129 e. The number of hydrogen-bond donors (Lipinski definition) is 6. The largest absolute Gasteiger partial charge is 0.395 e. The van der Waals surface area contributed by atoms with Crippen LogP contribution in [0, 0.1) is 0 Å². The third-order valence-corrected chi connectivity index (χ3v) is 2.04. The normalized spacial score (nSPS) is 17.8. The molecule has 0 rings (SSSR count). The molecule has 2 unspecified atom stereocenters. The van der Waals surface area contributed by atoms with Crippen molar-refractivity contribution in [2.75, 3.05) is 32.8 Å². The maximum atomic E-state index is 9.94. The van der Waals surface area contributed by atoms with E-state index in [-0.39, 0.29) is 19.2 Å². The summed E-state index contributed by atoms with van der Waals surface area (Å²) in [5.74, 6) is 0. The van der Waals surface area contributed by atoms with E-state index >= 15 is 0 Å². The average molecular weight is 206 g/mol. The summed E-state index contributed by atoms with van der Waals surface area (Å²) in [6, 6.07) is -0.304. The summed E-state index contributed by atoms with van der Waals surface area (Å²) < 4.78 is 0. The molecule has 0 radical (unpaired) electrons. The van der Waals surface area contributed by atoms with Gasteiger partial charge in [-0.1, -0.05) is 0 Å². The first-order valence-electron chi connectivity index (χ1n) is 4.80. The molecule has 0 aromatic rings. The molecule has 0 aliphatic carbocycles. The molecule has 86 valence electrons. The van der Waals surface area contributed by atoms with Gasteiger partial charge >= 0.3 is 0 Å². The van der Waals surface area contributed by atoms with E-state index in [9.17, 15) is 5.11 Å². The van der Waals surface area contributed by atoms with Crippen molar-refractivity contribution in [3.8, 4) is 0 Å². The Hall–Kier alpha value is -0.240. The Balaban J connectivity index is 4.03. The van der Waals surface area contributed by atoms with Crippen molar-refractivity contribution in [2.24, 2.45) is 11.5 Å². The van der Waals surface area contributed by atoms with Gasteiger partial charge in [0.05, 0.1) is 12.6 Å². The van der Waals surface area contributed by atoms with Crippen LogP contribution in [0.1, 0.15) is 6.92 Å². The molecule has 6 heteroatoms. The first-order valence-corrected chi connectivity index (χ1v) is 4.80. The van der Waals surface area contributed by atoms with Crippen molar-refractivity contribution in [2.45, 2.75) is 18.7 Å². The van der Waals surface area contributed by atoms with Gasteiger partial charge in [0.25, 0.3) is 0 Å². The summed E-state index contributed by atoms with van der Waals surface area (Å²) in [6.45, 7) is 3.30. The third-order valence-electron chi connectivity index (χ3n) is 2.04. The maximum absolute atomic E-state index is 9.94. The fourth-order valence-electron chi connectivity index (χ4n) is 1.20. The summed E-state index contributed by atoms with van der Waals surface area (Å²) in [5.41, 5.74) is 9.70. The molecule has 0 aliphatic heterocycles. The Morgan fingerprint density at radius 1 is 1.36 bits per heavy atom. The van der Waals surface area contributed by atoms with Gasteiger partial charge in [0.1, 0.15) is 5.72 Å². The average Bonchev–Trinajstić information content (AvgIpc) is 2.16. The van der Waals surface area contributed by atoms with Crippen molar-refractivity contribution in [1.29, 1.82) is 0 Å². The Kier molecular flexibility index (Phi) is 6.98. The minimum atomic E-state index is -1.11. The predicted molar refractivity (Wildman–Crippen MR) is 55.6 cm³/mol. The molecule has 0 saturated heterocycles. The molecule has 0 amide bonds. The minimum Gasteiger partial charge on any atom is -0.395 e. The number of hydrogen-bond acceptors (Lipinski definition) is 6. The molecule has 0 aromatic carbocycles. The van der Waals surface area contributed by atoms with E-state index in [1.165, 1.54) is 0 Å². The minimum absolute atomic E-state index is 0.0173. The van der Waals surface area contributed by atoms with Gasteiger partial charge in [-0.25, -0.2) is 0 Å². The van der Waals surface area contributed by atoms with Crippen LogP contribution in [0.25, 0.3) is 0 Å². The summed E-state index contributed by atoms with van der Waals surface area (Å²) >= 11 is 0. The lowest BCUT2D eigenvalue weighted by Crippen LogP contribution is -2.61. The first-order chi connectivity index (χ1) is 6.58. The van der Waals surface area contributed by atoms with Crippen LogP contribution in [0.15, 0.2) is 0 Å². The summed E-state index contributed by atoms with van der Waals surface area (Å²) in [7, 11) is 0. The number of nitrogens with two attached hydrogens (primary N) is 2. The highest BCUT2D eigenvalue weighted by Crippen LogP contribution is 2.03. The van der Waals surface area contributed by atoms with Crippen LogP contribution >= 0.6 is 0 Å². The quantitative estimate of drug-likeness (QED) is 0.238. The molecular formula is C8H22N4O2. The molecule has 0 saturated carbocycles. The van der Waals surface area contributed by atoms with Gasteiger partial charge in [-0.05, 0) is 6.92 Å². The van der Waals surface area contributed by atoms with Crippen LogP contribution in [0.5, 0.6) is 0 Å². The summed E-state index contributed by atoms with van der Waals surface area (Å²) in [4.78, 5) is 0. The van der Waals surface area contributed by atoms with E-state index in [2.05, 4.69) is 10.6 Å². The van der Waals surface area contributed by atoms with Gasteiger partial charge in [0, 0.05) is 26.2 Å². The Labute approximate surface area is 84.7 Å². The first kappa shape index (κ1) is 13.8. The second-order valence-electron chi connectivity index (χ2n) is 3.33. The van der Waals surface area contributed by atoms with Crippen LogP contribution < -0.4 is 22.1 Å². The van der Waals surface area contributed by atoms with Crippen molar-refractivity contribution in [3.05, 3.63) is 0 Å². The van der Waals surface area contributed by atoms with Gasteiger partial charge in [-0.2, -0.15) is 0 Å². The van der Waals surface area contributed by atoms with E-state index in [4.69, 9.17) is 16.6 Å². The van der Waals surface area contributed by atoms with Gasteiger partial charge < -0.3 is 27.0 Å². The Morgan fingerprint density at radius 2 is 2.00 bits per heavy atom. The molecule has 14 heavy (non-hydrogen) atoms.